The van der Waals surface area contributed by atoms with Gasteiger partial charge in [0.1, 0.15) is 12.2 Å². The first kappa shape index (κ1) is 16.4. The Morgan fingerprint density at radius 3 is 2.57 bits per heavy atom. The van der Waals surface area contributed by atoms with Crippen LogP contribution in [0.2, 0.25) is 0 Å². The van der Waals surface area contributed by atoms with Gasteiger partial charge in [0.15, 0.2) is 0 Å². The van der Waals surface area contributed by atoms with E-state index in [0.717, 1.165) is 25.3 Å². The highest BCUT2D eigenvalue weighted by Gasteiger charge is 2.41. The maximum atomic E-state index is 4.49. The van der Waals surface area contributed by atoms with Gasteiger partial charge < -0.3 is 10.2 Å². The molecule has 0 amide bonds. The zero-order chi connectivity index (χ0) is 15.3. The molecule has 1 aromatic rings. The lowest BCUT2D eigenvalue weighted by Crippen LogP contribution is -2.61. The van der Waals surface area contributed by atoms with Crippen LogP contribution in [0.3, 0.4) is 0 Å². The molecule has 5 nitrogen and oxygen atoms in total. The Morgan fingerprint density at radius 1 is 1.29 bits per heavy atom. The highest BCUT2D eigenvalue weighted by Crippen LogP contribution is 2.36. The quantitative estimate of drug-likeness (QED) is 0.836. The van der Waals surface area contributed by atoms with Crippen LogP contribution in [0.5, 0.6) is 0 Å². The molecule has 1 N–H and O–H groups in total. The molecule has 0 aliphatic heterocycles. The zero-order valence-corrected chi connectivity index (χ0v) is 14.1. The molecule has 1 aliphatic rings. The molecular weight excluding hydrogens is 262 g/mol. The minimum atomic E-state index is 0.249. The van der Waals surface area contributed by atoms with Gasteiger partial charge in [-0.15, -0.1) is 0 Å². The van der Waals surface area contributed by atoms with Crippen molar-refractivity contribution in [3.8, 4) is 0 Å². The van der Waals surface area contributed by atoms with Crippen molar-refractivity contribution in [2.45, 2.75) is 70.5 Å². The summed E-state index contributed by atoms with van der Waals surface area (Å²) >= 11 is 0. The van der Waals surface area contributed by atoms with Gasteiger partial charge >= 0.3 is 0 Å². The molecule has 1 aromatic heterocycles. The fraction of sp³-hybridized carbons (Fsp3) is 0.875. The fourth-order valence-corrected chi connectivity index (χ4v) is 3.86. The molecule has 0 bridgehead atoms. The molecule has 2 rings (SSSR count). The van der Waals surface area contributed by atoms with Crippen molar-refractivity contribution in [2.24, 2.45) is 0 Å². The van der Waals surface area contributed by atoms with E-state index in [-0.39, 0.29) is 5.54 Å². The van der Waals surface area contributed by atoms with Crippen LogP contribution >= 0.6 is 0 Å². The Bertz CT molecular complexity index is 420. The van der Waals surface area contributed by atoms with E-state index in [1.807, 2.05) is 4.68 Å². The van der Waals surface area contributed by atoms with E-state index in [9.17, 15) is 0 Å². The fourth-order valence-electron chi connectivity index (χ4n) is 3.86. The monoisotopic (exact) mass is 293 g/mol. The summed E-state index contributed by atoms with van der Waals surface area (Å²) in [4.78, 5) is 6.94. The van der Waals surface area contributed by atoms with Crippen molar-refractivity contribution < 1.29 is 0 Å². The van der Waals surface area contributed by atoms with E-state index in [0.29, 0.717) is 6.04 Å². The number of aryl methyl sites for hydroxylation is 1. The summed E-state index contributed by atoms with van der Waals surface area (Å²) < 4.78 is 2.02. The van der Waals surface area contributed by atoms with E-state index < -0.39 is 0 Å². The second kappa shape index (κ2) is 7.36. The summed E-state index contributed by atoms with van der Waals surface area (Å²) in [6.45, 7) is 6.22. The first-order valence-corrected chi connectivity index (χ1v) is 8.41. The van der Waals surface area contributed by atoms with Crippen LogP contribution in [0.25, 0.3) is 0 Å². The maximum Gasteiger partial charge on any atom is 0.138 e. The normalized spacial score (nSPS) is 19.9. The number of hydrogen-bond acceptors (Lipinski definition) is 4. The highest BCUT2D eigenvalue weighted by atomic mass is 15.3. The average Bonchev–Trinajstić information content (AvgIpc) is 2.94. The number of rotatable bonds is 7. The van der Waals surface area contributed by atoms with Crippen LogP contribution in [0.4, 0.5) is 0 Å². The molecule has 1 unspecified atom stereocenters. The van der Waals surface area contributed by atoms with Crippen LogP contribution in [0, 0.1) is 0 Å². The molecule has 0 saturated heterocycles. The van der Waals surface area contributed by atoms with Crippen LogP contribution in [0.15, 0.2) is 6.33 Å². The van der Waals surface area contributed by atoms with Crippen molar-refractivity contribution >= 4 is 0 Å². The van der Waals surface area contributed by atoms with Gasteiger partial charge in [-0.25, -0.2) is 4.98 Å². The van der Waals surface area contributed by atoms with Crippen molar-refractivity contribution in [3.63, 3.8) is 0 Å². The predicted octanol–water partition coefficient (Wildman–Crippen LogP) is 2.08. The smallest absolute Gasteiger partial charge is 0.138 e. The van der Waals surface area contributed by atoms with Crippen LogP contribution in [-0.2, 0) is 13.0 Å². The van der Waals surface area contributed by atoms with E-state index in [2.05, 4.69) is 48.2 Å². The number of likely N-dealkylation sites (N-methyl/N-ethyl adjacent to an activating group) is 2. The molecule has 1 fully saturated rings. The molecule has 0 radical (unpaired) electrons. The third kappa shape index (κ3) is 3.46. The maximum absolute atomic E-state index is 4.49. The minimum absolute atomic E-state index is 0.249. The second-order valence-electron chi connectivity index (χ2n) is 6.37. The standard InChI is InChI=1S/C16H31N5/c1-5-17-14(12-15-18-13-19-21(15)6-2)16(20(3)4)10-8-7-9-11-16/h13-14,17H,5-12H2,1-4H3. The Labute approximate surface area is 129 Å². The summed E-state index contributed by atoms with van der Waals surface area (Å²) in [5.41, 5.74) is 0.249. The zero-order valence-electron chi connectivity index (χ0n) is 14.1. The summed E-state index contributed by atoms with van der Waals surface area (Å²) in [5, 5.41) is 8.07. The average molecular weight is 293 g/mol. The van der Waals surface area contributed by atoms with Gasteiger partial charge in [0, 0.05) is 24.5 Å². The van der Waals surface area contributed by atoms with Gasteiger partial charge in [0.25, 0.3) is 0 Å². The molecule has 120 valence electrons. The highest BCUT2D eigenvalue weighted by molar-refractivity contribution is 5.05. The minimum Gasteiger partial charge on any atom is -0.312 e. The summed E-state index contributed by atoms with van der Waals surface area (Å²) in [6, 6.07) is 0.437. The van der Waals surface area contributed by atoms with Crippen LogP contribution in [0.1, 0.15) is 51.8 Å². The third-order valence-electron chi connectivity index (χ3n) is 5.09. The first-order valence-electron chi connectivity index (χ1n) is 8.41. The summed E-state index contributed by atoms with van der Waals surface area (Å²) in [5.74, 6) is 1.11. The van der Waals surface area contributed by atoms with Crippen LogP contribution < -0.4 is 5.32 Å². The summed E-state index contributed by atoms with van der Waals surface area (Å²) in [7, 11) is 4.47. The van der Waals surface area contributed by atoms with Gasteiger partial charge in [-0.05, 0) is 40.4 Å². The Kier molecular flexibility index (Phi) is 5.76. The molecule has 1 aliphatic carbocycles. The molecule has 0 aromatic carbocycles. The summed E-state index contributed by atoms with van der Waals surface area (Å²) in [6.07, 6.45) is 9.24. The predicted molar refractivity (Wildman–Crippen MR) is 86.4 cm³/mol. The molecule has 5 heteroatoms. The van der Waals surface area contributed by atoms with E-state index in [1.54, 1.807) is 6.33 Å². The lowest BCUT2D eigenvalue weighted by molar-refractivity contribution is 0.0563. The largest absolute Gasteiger partial charge is 0.312 e. The van der Waals surface area contributed by atoms with E-state index in [1.165, 1.54) is 32.1 Å². The number of nitrogens with one attached hydrogen (secondary N) is 1. The number of hydrogen-bond donors (Lipinski definition) is 1. The molecule has 0 spiro atoms. The Balaban J connectivity index is 2.23. The third-order valence-corrected chi connectivity index (χ3v) is 5.09. The molecular formula is C16H31N5. The van der Waals surface area contributed by atoms with Crippen molar-refractivity contribution in [1.82, 2.24) is 25.0 Å². The van der Waals surface area contributed by atoms with Crippen molar-refractivity contribution in [3.05, 3.63) is 12.2 Å². The van der Waals surface area contributed by atoms with Crippen LogP contribution in [-0.4, -0.2) is 51.9 Å². The second-order valence-corrected chi connectivity index (χ2v) is 6.37. The Morgan fingerprint density at radius 2 is 2.00 bits per heavy atom. The molecule has 1 saturated carbocycles. The van der Waals surface area contributed by atoms with E-state index >= 15 is 0 Å². The first-order chi connectivity index (χ1) is 10.1. The lowest BCUT2D eigenvalue weighted by atomic mass is 9.74. The van der Waals surface area contributed by atoms with Crippen molar-refractivity contribution in [1.29, 1.82) is 0 Å². The molecule has 1 heterocycles. The number of aromatic nitrogens is 3. The van der Waals surface area contributed by atoms with Crippen molar-refractivity contribution in [2.75, 3.05) is 20.6 Å². The molecule has 1 atom stereocenters. The number of nitrogens with zero attached hydrogens (tertiary/aromatic N) is 4. The Hall–Kier alpha value is -0.940. The lowest BCUT2D eigenvalue weighted by Gasteiger charge is -2.48. The van der Waals surface area contributed by atoms with Gasteiger partial charge in [-0.2, -0.15) is 5.10 Å². The van der Waals surface area contributed by atoms with E-state index in [4.69, 9.17) is 0 Å². The SMILES string of the molecule is CCNC(Cc1ncnn1CC)C1(N(C)C)CCCCC1. The van der Waals surface area contributed by atoms with Gasteiger partial charge in [-0.1, -0.05) is 26.2 Å². The van der Waals surface area contributed by atoms with Gasteiger partial charge in [0.2, 0.25) is 0 Å². The van der Waals surface area contributed by atoms with Gasteiger partial charge in [0.05, 0.1) is 0 Å². The molecule has 21 heavy (non-hydrogen) atoms. The van der Waals surface area contributed by atoms with Gasteiger partial charge in [-0.3, -0.25) is 4.68 Å². The topological polar surface area (TPSA) is 46.0 Å².